The molecule has 2 atom stereocenters. The molecule has 0 spiro atoms. The minimum absolute atomic E-state index is 0.210. The van der Waals surface area contributed by atoms with E-state index >= 15 is 0 Å². The van der Waals surface area contributed by atoms with Crippen molar-refractivity contribution in [1.82, 2.24) is 4.90 Å². The van der Waals surface area contributed by atoms with Gasteiger partial charge in [0.2, 0.25) is 0 Å². The summed E-state index contributed by atoms with van der Waals surface area (Å²) in [4.78, 5) is 13.1. The van der Waals surface area contributed by atoms with Gasteiger partial charge >= 0.3 is 6.16 Å². The van der Waals surface area contributed by atoms with Crippen LogP contribution in [0.2, 0.25) is 5.02 Å². The third kappa shape index (κ3) is 5.67. The summed E-state index contributed by atoms with van der Waals surface area (Å²) < 4.78 is 4.95. The number of nitrogens with zero attached hydrogens (tertiary/aromatic N) is 1. The molecule has 0 aromatic heterocycles. The van der Waals surface area contributed by atoms with E-state index in [4.69, 9.17) is 21.4 Å². The predicted octanol–water partition coefficient (Wildman–Crippen LogP) is 6.04. The molecule has 30 heavy (non-hydrogen) atoms. The lowest BCUT2D eigenvalue weighted by atomic mass is 10.00. The largest absolute Gasteiger partial charge is 0.506 e. The summed E-state index contributed by atoms with van der Waals surface area (Å²) in [5.74, 6) is 0. The van der Waals surface area contributed by atoms with Gasteiger partial charge in [-0.25, -0.2) is 4.79 Å². The molecule has 0 unspecified atom stereocenters. The van der Waals surface area contributed by atoms with Crippen LogP contribution >= 0.6 is 11.6 Å². The van der Waals surface area contributed by atoms with Gasteiger partial charge in [-0.3, -0.25) is 4.90 Å². The van der Waals surface area contributed by atoms with Gasteiger partial charge in [-0.2, -0.15) is 0 Å². The van der Waals surface area contributed by atoms with Crippen LogP contribution in [0.15, 0.2) is 36.4 Å². The fraction of sp³-hybridized carbons (Fsp3) is 0.458. The highest BCUT2D eigenvalue weighted by Crippen LogP contribution is 2.28. The van der Waals surface area contributed by atoms with Gasteiger partial charge < -0.3 is 15.2 Å². The first kappa shape index (κ1) is 22.4. The molecule has 1 aliphatic heterocycles. The maximum atomic E-state index is 10.8. The Kier molecular flexibility index (Phi) is 7.62. The monoisotopic (exact) mass is 430 g/mol. The Balaban J connectivity index is 1.73. The van der Waals surface area contributed by atoms with Gasteiger partial charge in [0.15, 0.2) is 0 Å². The van der Waals surface area contributed by atoms with Crippen molar-refractivity contribution in [2.24, 2.45) is 0 Å². The zero-order valence-corrected chi connectivity index (χ0v) is 18.7. The van der Waals surface area contributed by atoms with Crippen LogP contribution < -0.4 is 5.32 Å². The highest BCUT2D eigenvalue weighted by Gasteiger charge is 2.26. The van der Waals surface area contributed by atoms with Crippen molar-refractivity contribution in [3.8, 4) is 0 Å². The van der Waals surface area contributed by atoms with Gasteiger partial charge in [0.1, 0.15) is 6.10 Å². The van der Waals surface area contributed by atoms with Crippen molar-refractivity contribution >= 4 is 23.4 Å². The van der Waals surface area contributed by atoms with Crippen molar-refractivity contribution in [2.45, 2.75) is 58.7 Å². The van der Waals surface area contributed by atoms with E-state index < -0.39 is 6.16 Å². The first-order valence-corrected chi connectivity index (χ1v) is 11.0. The van der Waals surface area contributed by atoms with Gasteiger partial charge in [0.05, 0.1) is 6.04 Å². The molecule has 0 aliphatic carbocycles. The van der Waals surface area contributed by atoms with Crippen molar-refractivity contribution in [2.75, 3.05) is 18.4 Å². The number of halogens is 1. The summed E-state index contributed by atoms with van der Waals surface area (Å²) in [7, 11) is 0. The molecule has 0 saturated carbocycles. The highest BCUT2D eigenvalue weighted by atomic mass is 35.5. The number of hydrogen-bond acceptors (Lipinski definition) is 4. The second-order valence-corrected chi connectivity index (χ2v) is 8.39. The van der Waals surface area contributed by atoms with Gasteiger partial charge in [-0.05, 0) is 66.6 Å². The minimum Gasteiger partial charge on any atom is -0.450 e. The number of anilines is 1. The number of nitrogens with one attached hydrogen (secondary N) is 1. The topological polar surface area (TPSA) is 61.8 Å². The number of ether oxygens (including phenoxy) is 1. The Morgan fingerprint density at radius 2 is 2.07 bits per heavy atom. The van der Waals surface area contributed by atoms with Crippen molar-refractivity contribution in [1.29, 1.82) is 0 Å². The smallest absolute Gasteiger partial charge is 0.450 e. The summed E-state index contributed by atoms with van der Waals surface area (Å²) in [5, 5.41) is 13.3. The third-order valence-corrected chi connectivity index (χ3v) is 6.24. The fourth-order valence-corrected chi connectivity index (χ4v) is 4.25. The Bertz CT molecular complexity index is 887. The van der Waals surface area contributed by atoms with E-state index in [0.29, 0.717) is 6.54 Å². The summed E-state index contributed by atoms with van der Waals surface area (Å²) in [6.07, 6.45) is 1.26. The van der Waals surface area contributed by atoms with E-state index in [1.165, 1.54) is 16.7 Å². The van der Waals surface area contributed by atoms with Gasteiger partial charge in [0.25, 0.3) is 0 Å². The molecule has 2 aromatic carbocycles. The normalized spacial score (nSPS) is 17.7. The number of benzene rings is 2. The Morgan fingerprint density at radius 3 is 2.73 bits per heavy atom. The van der Waals surface area contributed by atoms with Crippen LogP contribution in [0.25, 0.3) is 0 Å². The second kappa shape index (κ2) is 10.2. The maximum Gasteiger partial charge on any atom is 0.506 e. The Hall–Kier alpha value is -2.24. The van der Waals surface area contributed by atoms with Crippen LogP contribution in [0.1, 0.15) is 55.0 Å². The van der Waals surface area contributed by atoms with E-state index in [0.717, 1.165) is 48.6 Å². The molecule has 6 heteroatoms. The van der Waals surface area contributed by atoms with Crippen LogP contribution in [0.5, 0.6) is 0 Å². The van der Waals surface area contributed by atoms with E-state index in [2.05, 4.69) is 54.4 Å². The summed E-state index contributed by atoms with van der Waals surface area (Å²) in [6, 6.07) is 13.0. The molecule has 162 valence electrons. The molecular weight excluding hydrogens is 400 g/mol. The van der Waals surface area contributed by atoms with Crippen molar-refractivity contribution in [3.05, 3.63) is 63.7 Å². The molecule has 1 saturated heterocycles. The number of aryl methyl sites for hydroxylation is 2. The second-order valence-electron chi connectivity index (χ2n) is 7.98. The molecule has 1 aliphatic rings. The maximum absolute atomic E-state index is 10.8. The molecule has 1 fully saturated rings. The van der Waals surface area contributed by atoms with E-state index in [1.54, 1.807) is 0 Å². The molecule has 5 nitrogen and oxygen atoms in total. The Labute approximate surface area is 184 Å². The van der Waals surface area contributed by atoms with Crippen molar-refractivity contribution in [3.63, 3.8) is 0 Å². The molecule has 0 bridgehead atoms. The SMILES string of the molecule is CCc1ccc(N[C@H](CC)c2ccc(Cl)c(C)c2)cc1CN1CC[C@@H](OC(=O)O)C1. The third-order valence-electron chi connectivity index (χ3n) is 5.81. The molecule has 2 N–H and O–H groups in total. The molecule has 0 radical (unpaired) electrons. The van der Waals surface area contributed by atoms with Gasteiger partial charge in [0, 0.05) is 30.3 Å². The highest BCUT2D eigenvalue weighted by molar-refractivity contribution is 6.31. The summed E-state index contributed by atoms with van der Waals surface area (Å²) in [5.41, 5.74) is 6.01. The molecule has 2 aromatic rings. The van der Waals surface area contributed by atoms with Crippen LogP contribution in [-0.4, -0.2) is 35.4 Å². The van der Waals surface area contributed by atoms with Crippen molar-refractivity contribution < 1.29 is 14.6 Å². The van der Waals surface area contributed by atoms with E-state index in [9.17, 15) is 4.79 Å². The first-order chi connectivity index (χ1) is 14.4. The lowest BCUT2D eigenvalue weighted by Crippen LogP contribution is -2.24. The standard InChI is InChI=1S/C24H31ClN2O3/c1-4-17-6-8-20(26-23(5-2)18-7-9-22(25)16(3)12-18)13-19(17)14-27-11-10-21(15-27)30-24(28)29/h6-9,12-13,21,23,26H,4-5,10-11,14-15H2,1-3H3,(H,28,29)/t21-,23-/m1/s1. The van der Waals surface area contributed by atoms with Gasteiger partial charge in [-0.1, -0.05) is 43.6 Å². The predicted molar refractivity (Wildman–Crippen MR) is 121 cm³/mol. The fourth-order valence-electron chi connectivity index (χ4n) is 4.14. The lowest BCUT2D eigenvalue weighted by molar-refractivity contribution is 0.0548. The average molecular weight is 431 g/mol. The molecule has 1 heterocycles. The molecule has 0 amide bonds. The quantitative estimate of drug-likeness (QED) is 0.499. The van der Waals surface area contributed by atoms with E-state index in [1.807, 2.05) is 13.0 Å². The van der Waals surface area contributed by atoms with Crippen LogP contribution in [0.3, 0.4) is 0 Å². The molecular formula is C24H31ClN2O3. The number of carbonyl (C=O) groups is 1. The first-order valence-electron chi connectivity index (χ1n) is 10.7. The molecule has 3 rings (SSSR count). The zero-order chi connectivity index (χ0) is 21.7. The number of carboxylic acid groups (broad SMARTS) is 1. The van der Waals surface area contributed by atoms with Crippen LogP contribution in [0, 0.1) is 6.92 Å². The summed E-state index contributed by atoms with van der Waals surface area (Å²) >= 11 is 6.20. The lowest BCUT2D eigenvalue weighted by Gasteiger charge is -2.22. The summed E-state index contributed by atoms with van der Waals surface area (Å²) in [6.45, 7) is 8.67. The minimum atomic E-state index is -1.19. The van der Waals surface area contributed by atoms with Crippen LogP contribution in [-0.2, 0) is 17.7 Å². The van der Waals surface area contributed by atoms with E-state index in [-0.39, 0.29) is 12.1 Å². The zero-order valence-electron chi connectivity index (χ0n) is 18.0. The van der Waals surface area contributed by atoms with Crippen LogP contribution in [0.4, 0.5) is 10.5 Å². The number of likely N-dealkylation sites (tertiary alicyclic amines) is 1. The Morgan fingerprint density at radius 1 is 1.27 bits per heavy atom. The number of rotatable bonds is 8. The van der Waals surface area contributed by atoms with Gasteiger partial charge in [-0.15, -0.1) is 0 Å². The average Bonchev–Trinajstić information content (AvgIpc) is 3.14. The number of hydrogen-bond donors (Lipinski definition) is 2.